The fourth-order valence-electron chi connectivity index (χ4n) is 2.59. The van der Waals surface area contributed by atoms with E-state index in [0.717, 1.165) is 44.6 Å². The largest absolute Gasteiger partial charge is 0.399 e. The molecular formula is C16H25ClN2O2. The van der Waals surface area contributed by atoms with Gasteiger partial charge >= 0.3 is 0 Å². The third-order valence-electron chi connectivity index (χ3n) is 4.05. The third-order valence-corrected chi connectivity index (χ3v) is 4.05. The lowest BCUT2D eigenvalue weighted by molar-refractivity contribution is 0.0583. The monoisotopic (exact) mass is 312 g/mol. The summed E-state index contributed by atoms with van der Waals surface area (Å²) in [5.74, 6) is 0.739. The highest BCUT2D eigenvalue weighted by Gasteiger charge is 2.18. The second-order valence-corrected chi connectivity index (χ2v) is 5.65. The number of hydrogen-bond donors (Lipinski definition) is 1. The number of amides is 1. The first-order chi connectivity index (χ1) is 9.58. The lowest BCUT2D eigenvalue weighted by Crippen LogP contribution is -2.30. The van der Waals surface area contributed by atoms with Gasteiger partial charge in [-0.2, -0.15) is 0 Å². The standard InChI is InChI=1S/C16H24N2O2.ClH/c1-12-3-4-14(17)11-15(12)16(19)18(2)8-5-13-6-9-20-10-7-13;/h3-4,11,13H,5-10,17H2,1-2H3;1H. The molecular weight excluding hydrogens is 288 g/mol. The van der Waals surface area contributed by atoms with E-state index >= 15 is 0 Å². The number of aryl methyl sites for hydroxylation is 1. The third kappa shape index (κ3) is 4.90. The van der Waals surface area contributed by atoms with Crippen LogP contribution in [-0.4, -0.2) is 37.6 Å². The Labute approximate surface area is 133 Å². The smallest absolute Gasteiger partial charge is 0.253 e. The molecule has 2 rings (SSSR count). The van der Waals surface area contributed by atoms with Crippen molar-refractivity contribution < 1.29 is 9.53 Å². The molecule has 0 aromatic heterocycles. The number of rotatable bonds is 4. The van der Waals surface area contributed by atoms with Crippen LogP contribution in [0.4, 0.5) is 5.69 Å². The summed E-state index contributed by atoms with van der Waals surface area (Å²) >= 11 is 0. The second kappa shape index (κ2) is 8.25. The van der Waals surface area contributed by atoms with E-state index in [1.807, 2.05) is 26.1 Å². The zero-order chi connectivity index (χ0) is 14.5. The van der Waals surface area contributed by atoms with Crippen molar-refractivity contribution in [3.8, 4) is 0 Å². The minimum Gasteiger partial charge on any atom is -0.399 e. The van der Waals surface area contributed by atoms with E-state index in [-0.39, 0.29) is 18.3 Å². The minimum absolute atomic E-state index is 0. The van der Waals surface area contributed by atoms with Gasteiger partial charge in [0, 0.05) is 38.1 Å². The maximum atomic E-state index is 12.4. The van der Waals surface area contributed by atoms with E-state index in [0.29, 0.717) is 17.2 Å². The lowest BCUT2D eigenvalue weighted by atomic mass is 9.96. The van der Waals surface area contributed by atoms with Crippen LogP contribution >= 0.6 is 12.4 Å². The quantitative estimate of drug-likeness (QED) is 0.870. The summed E-state index contributed by atoms with van der Waals surface area (Å²) in [5.41, 5.74) is 8.09. The maximum absolute atomic E-state index is 12.4. The summed E-state index contributed by atoms with van der Waals surface area (Å²) in [6.07, 6.45) is 3.27. The van der Waals surface area contributed by atoms with Crippen molar-refractivity contribution in [2.45, 2.75) is 26.2 Å². The Morgan fingerprint density at radius 3 is 2.71 bits per heavy atom. The Kier molecular flexibility index (Phi) is 6.99. The van der Waals surface area contributed by atoms with Crippen molar-refractivity contribution in [2.24, 2.45) is 5.92 Å². The van der Waals surface area contributed by atoms with E-state index in [4.69, 9.17) is 10.5 Å². The van der Waals surface area contributed by atoms with Gasteiger partial charge in [0.25, 0.3) is 5.91 Å². The van der Waals surface area contributed by atoms with Gasteiger partial charge in [0.15, 0.2) is 0 Å². The van der Waals surface area contributed by atoms with Crippen LogP contribution in [0.5, 0.6) is 0 Å². The molecule has 2 N–H and O–H groups in total. The molecule has 1 heterocycles. The molecule has 0 atom stereocenters. The van der Waals surface area contributed by atoms with Crippen molar-refractivity contribution in [3.05, 3.63) is 29.3 Å². The van der Waals surface area contributed by atoms with Gasteiger partial charge in [0.05, 0.1) is 0 Å². The number of nitrogens with two attached hydrogens (primary N) is 1. The summed E-state index contributed by atoms with van der Waals surface area (Å²) in [4.78, 5) is 14.2. The van der Waals surface area contributed by atoms with Crippen LogP contribution in [-0.2, 0) is 4.74 Å². The molecule has 1 saturated heterocycles. The second-order valence-electron chi connectivity index (χ2n) is 5.65. The highest BCUT2D eigenvalue weighted by atomic mass is 35.5. The molecule has 118 valence electrons. The first-order valence-electron chi connectivity index (χ1n) is 7.27. The number of carbonyl (C=O) groups is 1. The molecule has 0 radical (unpaired) electrons. The molecule has 0 saturated carbocycles. The number of benzene rings is 1. The molecule has 1 amide bonds. The van der Waals surface area contributed by atoms with Gasteiger partial charge in [-0.25, -0.2) is 0 Å². The molecule has 21 heavy (non-hydrogen) atoms. The predicted octanol–water partition coefficient (Wildman–Crippen LogP) is 2.89. The number of ether oxygens (including phenoxy) is 1. The number of nitrogens with zero attached hydrogens (tertiary/aromatic N) is 1. The fraction of sp³-hybridized carbons (Fsp3) is 0.562. The number of carbonyl (C=O) groups excluding carboxylic acids is 1. The van der Waals surface area contributed by atoms with E-state index in [1.165, 1.54) is 0 Å². The fourth-order valence-corrected chi connectivity index (χ4v) is 2.59. The van der Waals surface area contributed by atoms with Crippen molar-refractivity contribution in [1.82, 2.24) is 4.90 Å². The Morgan fingerprint density at radius 2 is 2.05 bits per heavy atom. The zero-order valence-electron chi connectivity index (χ0n) is 12.8. The molecule has 1 aromatic rings. The van der Waals surface area contributed by atoms with Gasteiger partial charge in [0.2, 0.25) is 0 Å². The average Bonchev–Trinajstić information content (AvgIpc) is 2.47. The van der Waals surface area contributed by atoms with Gasteiger partial charge in [-0.3, -0.25) is 4.79 Å². The van der Waals surface area contributed by atoms with Gasteiger partial charge in [-0.05, 0) is 49.8 Å². The molecule has 1 fully saturated rings. The van der Waals surface area contributed by atoms with E-state index in [9.17, 15) is 4.79 Å². The van der Waals surface area contributed by atoms with Crippen molar-refractivity contribution in [1.29, 1.82) is 0 Å². The molecule has 1 aliphatic rings. The van der Waals surface area contributed by atoms with Crippen LogP contribution in [0.25, 0.3) is 0 Å². The summed E-state index contributed by atoms with van der Waals surface area (Å²) in [6.45, 7) is 4.45. The summed E-state index contributed by atoms with van der Waals surface area (Å²) in [5, 5.41) is 0. The van der Waals surface area contributed by atoms with Crippen LogP contribution in [0, 0.1) is 12.8 Å². The van der Waals surface area contributed by atoms with Crippen molar-refractivity contribution >= 4 is 24.0 Å². The first kappa shape index (κ1) is 17.8. The van der Waals surface area contributed by atoms with E-state index in [2.05, 4.69) is 0 Å². The molecule has 5 heteroatoms. The normalized spacial score (nSPS) is 15.3. The highest BCUT2D eigenvalue weighted by Crippen LogP contribution is 2.20. The number of halogens is 1. The SMILES string of the molecule is Cc1ccc(N)cc1C(=O)N(C)CCC1CCOCC1.Cl. The molecule has 4 nitrogen and oxygen atoms in total. The van der Waals surface area contributed by atoms with Crippen LogP contribution in [0.2, 0.25) is 0 Å². The Bertz CT molecular complexity index is 473. The number of hydrogen-bond acceptors (Lipinski definition) is 3. The number of anilines is 1. The highest BCUT2D eigenvalue weighted by molar-refractivity contribution is 5.96. The first-order valence-corrected chi connectivity index (χ1v) is 7.27. The summed E-state index contributed by atoms with van der Waals surface area (Å²) in [7, 11) is 1.87. The van der Waals surface area contributed by atoms with Gasteiger partial charge in [0.1, 0.15) is 0 Å². The summed E-state index contributed by atoms with van der Waals surface area (Å²) in [6, 6.07) is 5.49. The maximum Gasteiger partial charge on any atom is 0.253 e. The van der Waals surface area contributed by atoms with Gasteiger partial charge < -0.3 is 15.4 Å². The van der Waals surface area contributed by atoms with Crippen LogP contribution in [0.15, 0.2) is 18.2 Å². The zero-order valence-corrected chi connectivity index (χ0v) is 13.6. The predicted molar refractivity (Wildman–Crippen MR) is 88.0 cm³/mol. The Balaban J connectivity index is 0.00000220. The molecule has 0 aliphatic carbocycles. The van der Waals surface area contributed by atoms with Gasteiger partial charge in [-0.1, -0.05) is 6.07 Å². The molecule has 1 aromatic carbocycles. The van der Waals surface area contributed by atoms with E-state index in [1.54, 1.807) is 11.0 Å². The van der Waals surface area contributed by atoms with E-state index < -0.39 is 0 Å². The van der Waals surface area contributed by atoms with Gasteiger partial charge in [-0.15, -0.1) is 12.4 Å². The molecule has 0 unspecified atom stereocenters. The average molecular weight is 313 g/mol. The van der Waals surface area contributed by atoms with Crippen molar-refractivity contribution in [2.75, 3.05) is 32.5 Å². The molecule has 0 spiro atoms. The van der Waals surface area contributed by atoms with Crippen molar-refractivity contribution in [3.63, 3.8) is 0 Å². The van der Waals surface area contributed by atoms with Crippen LogP contribution in [0.1, 0.15) is 35.2 Å². The Hall–Kier alpha value is -1.26. The van der Waals surface area contributed by atoms with Crippen LogP contribution in [0.3, 0.4) is 0 Å². The number of nitrogen functional groups attached to an aromatic ring is 1. The lowest BCUT2D eigenvalue weighted by Gasteiger charge is -2.25. The molecule has 0 bridgehead atoms. The Morgan fingerprint density at radius 1 is 1.38 bits per heavy atom. The summed E-state index contributed by atoms with van der Waals surface area (Å²) < 4.78 is 5.36. The molecule has 1 aliphatic heterocycles. The van der Waals surface area contributed by atoms with Crippen LogP contribution < -0.4 is 5.73 Å². The minimum atomic E-state index is 0. The topological polar surface area (TPSA) is 55.6 Å².